The predicted octanol–water partition coefficient (Wildman–Crippen LogP) is 2.15. The molecule has 0 saturated heterocycles. The molecule has 32 heavy (non-hydrogen) atoms. The van der Waals surface area contributed by atoms with Crippen molar-refractivity contribution in [3.8, 4) is 0 Å². The second kappa shape index (κ2) is 9.52. The van der Waals surface area contributed by atoms with Gasteiger partial charge in [-0.3, -0.25) is 14.0 Å². The number of hydrogen-bond donors (Lipinski definition) is 2. The average molecular weight is 452 g/mol. The Bertz CT molecular complexity index is 1330. The molecule has 10 nitrogen and oxygen atoms in total. The highest BCUT2D eigenvalue weighted by Crippen LogP contribution is 2.13. The predicted molar refractivity (Wildman–Crippen MR) is 121 cm³/mol. The number of aryl methyl sites for hydroxylation is 1. The molecule has 0 saturated carbocycles. The third kappa shape index (κ3) is 5.24. The fraction of sp³-hybridized carbons (Fsp3) is 0.190. The number of nitrogens with one attached hydrogen (secondary N) is 2. The van der Waals surface area contributed by atoms with Gasteiger partial charge in [-0.05, 0) is 36.8 Å². The number of nitrogens with zero attached hydrogens (tertiary/aromatic N) is 4. The van der Waals surface area contributed by atoms with Crippen molar-refractivity contribution in [1.82, 2.24) is 19.3 Å². The third-order valence-corrected chi connectivity index (χ3v) is 5.33. The summed E-state index contributed by atoms with van der Waals surface area (Å²) in [5.74, 6) is 0.662. The highest BCUT2D eigenvalue weighted by atomic mass is 32.2. The summed E-state index contributed by atoms with van der Waals surface area (Å²) >= 11 is 1.19. The van der Waals surface area contributed by atoms with Crippen LogP contribution in [-0.2, 0) is 16.1 Å². The first-order valence-electron chi connectivity index (χ1n) is 9.72. The monoisotopic (exact) mass is 452 g/mol. The summed E-state index contributed by atoms with van der Waals surface area (Å²) in [6.07, 6.45) is 1.67. The number of anilines is 2. The number of amides is 2. The summed E-state index contributed by atoms with van der Waals surface area (Å²) in [7, 11) is 0. The molecule has 4 rings (SSSR count). The van der Waals surface area contributed by atoms with Gasteiger partial charge >= 0.3 is 5.69 Å². The van der Waals surface area contributed by atoms with Crippen molar-refractivity contribution in [2.24, 2.45) is 0 Å². The second-order valence-corrected chi connectivity index (χ2v) is 7.97. The van der Waals surface area contributed by atoms with Gasteiger partial charge in [0.2, 0.25) is 11.8 Å². The first-order valence-corrected chi connectivity index (χ1v) is 10.9. The maximum absolute atomic E-state index is 12.4. The van der Waals surface area contributed by atoms with E-state index in [0.717, 1.165) is 5.56 Å². The zero-order valence-electron chi connectivity index (χ0n) is 17.1. The first kappa shape index (κ1) is 21.4. The number of rotatable bonds is 8. The van der Waals surface area contributed by atoms with E-state index in [1.54, 1.807) is 49.5 Å². The Balaban J connectivity index is 1.29. The summed E-state index contributed by atoms with van der Waals surface area (Å²) in [6, 6.07) is 14.2. The molecule has 11 heteroatoms. The van der Waals surface area contributed by atoms with Crippen LogP contribution in [-0.4, -0.2) is 42.7 Å². The van der Waals surface area contributed by atoms with E-state index in [2.05, 4.69) is 20.9 Å². The molecule has 0 aliphatic heterocycles. The second-order valence-electron chi connectivity index (χ2n) is 6.98. The molecule has 0 aliphatic carbocycles. The Kier molecular flexibility index (Phi) is 6.36. The molecule has 0 aliphatic rings. The zero-order valence-corrected chi connectivity index (χ0v) is 18.0. The fourth-order valence-corrected chi connectivity index (χ4v) is 3.65. The van der Waals surface area contributed by atoms with Crippen molar-refractivity contribution in [1.29, 1.82) is 0 Å². The van der Waals surface area contributed by atoms with Crippen molar-refractivity contribution >= 4 is 40.7 Å². The summed E-state index contributed by atoms with van der Waals surface area (Å²) < 4.78 is 7.73. The van der Waals surface area contributed by atoms with Gasteiger partial charge in [-0.15, -0.1) is 16.9 Å². The first-order chi connectivity index (χ1) is 15.5. The zero-order chi connectivity index (χ0) is 22.5. The van der Waals surface area contributed by atoms with E-state index in [1.807, 2.05) is 12.1 Å². The van der Waals surface area contributed by atoms with Crippen LogP contribution in [0.1, 0.15) is 11.3 Å². The maximum Gasteiger partial charge on any atom is 0.350 e. The highest BCUT2D eigenvalue weighted by molar-refractivity contribution is 8.00. The van der Waals surface area contributed by atoms with Gasteiger partial charge in [-0.25, -0.2) is 9.48 Å². The van der Waals surface area contributed by atoms with Gasteiger partial charge in [0.25, 0.3) is 0 Å². The quantitative estimate of drug-likeness (QED) is 0.420. The number of carbonyl (C=O) groups excluding carboxylic acids is 2. The van der Waals surface area contributed by atoms with E-state index in [-0.39, 0.29) is 35.6 Å². The Morgan fingerprint density at radius 3 is 2.62 bits per heavy atom. The highest BCUT2D eigenvalue weighted by Gasteiger charge is 2.10. The summed E-state index contributed by atoms with van der Waals surface area (Å²) in [5, 5.41) is 13.4. The number of aromatic nitrogens is 4. The van der Waals surface area contributed by atoms with Gasteiger partial charge in [0.15, 0.2) is 11.5 Å². The SMILES string of the molecule is Cc1cc(NC(=O)CSCC(=O)Nc2cccc(Cn3nc4ccccn4c3=O)c2)no1. The van der Waals surface area contributed by atoms with Crippen LogP contribution in [0.4, 0.5) is 11.5 Å². The van der Waals surface area contributed by atoms with Crippen molar-refractivity contribution in [3.63, 3.8) is 0 Å². The maximum atomic E-state index is 12.4. The van der Waals surface area contributed by atoms with Gasteiger partial charge in [0, 0.05) is 18.0 Å². The molecule has 2 N–H and O–H groups in total. The van der Waals surface area contributed by atoms with Gasteiger partial charge < -0.3 is 15.2 Å². The largest absolute Gasteiger partial charge is 0.360 e. The summed E-state index contributed by atoms with van der Waals surface area (Å²) in [6.45, 7) is 2.01. The standard InChI is InChI=1S/C21H20N6O4S/c1-14-9-17(25-31-14)23-20(29)13-32-12-19(28)22-16-6-4-5-15(10-16)11-27-21(30)26-8-3-2-7-18(26)24-27/h2-10H,11-13H2,1H3,(H,22,28)(H,23,25,29). The molecular weight excluding hydrogens is 432 g/mol. The lowest BCUT2D eigenvalue weighted by atomic mass is 10.2. The fourth-order valence-electron chi connectivity index (χ4n) is 3.03. The lowest BCUT2D eigenvalue weighted by Gasteiger charge is -2.07. The van der Waals surface area contributed by atoms with Crippen molar-refractivity contribution in [3.05, 3.63) is 76.5 Å². The van der Waals surface area contributed by atoms with Gasteiger partial charge in [-0.1, -0.05) is 23.4 Å². The normalized spacial score (nSPS) is 10.9. The lowest BCUT2D eigenvalue weighted by molar-refractivity contribution is -0.114. The van der Waals surface area contributed by atoms with E-state index < -0.39 is 0 Å². The van der Waals surface area contributed by atoms with Crippen molar-refractivity contribution in [2.45, 2.75) is 13.5 Å². The number of thioether (sulfide) groups is 1. The van der Waals surface area contributed by atoms with Crippen LogP contribution in [0.5, 0.6) is 0 Å². The number of benzene rings is 1. The molecule has 0 unspecified atom stereocenters. The number of pyridine rings is 1. The molecule has 0 bridgehead atoms. The molecule has 2 amide bonds. The van der Waals surface area contributed by atoms with E-state index in [1.165, 1.54) is 20.8 Å². The molecule has 3 heterocycles. The number of fused-ring (bicyclic) bond motifs is 1. The van der Waals surface area contributed by atoms with E-state index in [0.29, 0.717) is 22.9 Å². The molecular formula is C21H20N6O4S. The van der Waals surface area contributed by atoms with E-state index in [4.69, 9.17) is 4.52 Å². The van der Waals surface area contributed by atoms with E-state index >= 15 is 0 Å². The van der Waals surface area contributed by atoms with Crippen LogP contribution in [0.15, 0.2) is 64.0 Å². The van der Waals surface area contributed by atoms with Gasteiger partial charge in [-0.2, -0.15) is 0 Å². The van der Waals surface area contributed by atoms with Gasteiger partial charge in [0.05, 0.1) is 18.1 Å². The van der Waals surface area contributed by atoms with Crippen LogP contribution < -0.4 is 16.3 Å². The molecule has 0 atom stereocenters. The van der Waals surface area contributed by atoms with Gasteiger partial charge in [0.1, 0.15) is 5.76 Å². The van der Waals surface area contributed by atoms with Crippen LogP contribution in [0.25, 0.3) is 5.65 Å². The van der Waals surface area contributed by atoms with Crippen molar-refractivity contribution in [2.75, 3.05) is 22.1 Å². The van der Waals surface area contributed by atoms with Crippen LogP contribution in [0.2, 0.25) is 0 Å². The summed E-state index contributed by atoms with van der Waals surface area (Å²) in [4.78, 5) is 36.6. The van der Waals surface area contributed by atoms with Crippen LogP contribution in [0, 0.1) is 6.92 Å². The minimum Gasteiger partial charge on any atom is -0.360 e. The molecule has 1 aromatic carbocycles. The Labute approximate surface area is 186 Å². The summed E-state index contributed by atoms with van der Waals surface area (Å²) in [5.41, 5.74) is 1.77. The van der Waals surface area contributed by atoms with Crippen LogP contribution >= 0.6 is 11.8 Å². The molecule has 0 radical (unpaired) electrons. The molecule has 4 aromatic rings. The smallest absolute Gasteiger partial charge is 0.350 e. The Morgan fingerprint density at radius 1 is 1.06 bits per heavy atom. The third-order valence-electron chi connectivity index (χ3n) is 4.39. The Morgan fingerprint density at radius 2 is 1.88 bits per heavy atom. The Hall–Kier alpha value is -3.86. The van der Waals surface area contributed by atoms with E-state index in [9.17, 15) is 14.4 Å². The number of hydrogen-bond acceptors (Lipinski definition) is 7. The van der Waals surface area contributed by atoms with Crippen molar-refractivity contribution < 1.29 is 14.1 Å². The molecule has 0 fully saturated rings. The molecule has 0 spiro atoms. The minimum atomic E-state index is -0.268. The topological polar surface area (TPSA) is 124 Å². The molecule has 164 valence electrons. The number of carbonyl (C=O) groups is 2. The van der Waals surface area contributed by atoms with Crippen LogP contribution in [0.3, 0.4) is 0 Å². The molecule has 3 aromatic heterocycles. The minimum absolute atomic E-state index is 0.107. The lowest BCUT2D eigenvalue weighted by Crippen LogP contribution is -2.21. The average Bonchev–Trinajstić information content (AvgIpc) is 3.31.